The van der Waals surface area contributed by atoms with Crippen molar-refractivity contribution in [3.63, 3.8) is 0 Å². The highest BCUT2D eigenvalue weighted by Gasteiger charge is 2.21. The van der Waals surface area contributed by atoms with Crippen LogP contribution in [0.2, 0.25) is 0 Å². The van der Waals surface area contributed by atoms with Crippen molar-refractivity contribution in [2.75, 3.05) is 37.0 Å². The Kier molecular flexibility index (Phi) is 7.81. The molecule has 0 unspecified atom stereocenters. The van der Waals surface area contributed by atoms with Crippen LogP contribution in [0.4, 0.5) is 5.95 Å². The highest BCUT2D eigenvalue weighted by molar-refractivity contribution is 7.99. The summed E-state index contributed by atoms with van der Waals surface area (Å²) >= 11 is 1.63. The van der Waals surface area contributed by atoms with E-state index in [4.69, 9.17) is 4.74 Å². The van der Waals surface area contributed by atoms with Crippen LogP contribution in [0.1, 0.15) is 52.4 Å². The molecule has 1 N–H and O–H groups in total. The minimum atomic E-state index is 0.165. The average Bonchev–Trinajstić information content (AvgIpc) is 3.05. The maximum Gasteiger partial charge on any atom is 0.228 e. The minimum Gasteiger partial charge on any atom is -0.378 e. The first-order chi connectivity index (χ1) is 13.1. The van der Waals surface area contributed by atoms with Crippen molar-refractivity contribution in [3.05, 3.63) is 0 Å². The molecule has 2 fully saturated rings. The molecule has 1 saturated carbocycles. The zero-order valence-electron chi connectivity index (χ0n) is 16.7. The fraction of sp³-hybridized carbons (Fsp3) is 0.842. The third-order valence-electron chi connectivity index (χ3n) is 5.07. The van der Waals surface area contributed by atoms with Gasteiger partial charge in [0.15, 0.2) is 5.16 Å². The van der Waals surface area contributed by atoms with Gasteiger partial charge in [0, 0.05) is 37.8 Å². The number of amides is 1. The summed E-state index contributed by atoms with van der Waals surface area (Å²) in [7, 11) is 0. The van der Waals surface area contributed by atoms with Gasteiger partial charge in [-0.3, -0.25) is 9.36 Å². The van der Waals surface area contributed by atoms with Crippen molar-refractivity contribution in [1.82, 2.24) is 20.1 Å². The molecule has 1 aliphatic heterocycles. The number of hydrogen-bond donors (Lipinski definition) is 1. The number of carbonyl (C=O) groups is 1. The van der Waals surface area contributed by atoms with Gasteiger partial charge in [-0.1, -0.05) is 44.9 Å². The van der Waals surface area contributed by atoms with Gasteiger partial charge in [-0.15, -0.1) is 10.2 Å². The van der Waals surface area contributed by atoms with E-state index in [9.17, 15) is 4.79 Å². The van der Waals surface area contributed by atoms with Gasteiger partial charge in [0.25, 0.3) is 0 Å². The predicted octanol–water partition coefficient (Wildman–Crippen LogP) is 2.70. The second-order valence-electron chi connectivity index (χ2n) is 7.89. The number of morpholine rings is 1. The van der Waals surface area contributed by atoms with Crippen LogP contribution in [0.3, 0.4) is 0 Å². The molecule has 0 atom stereocenters. The summed E-state index contributed by atoms with van der Waals surface area (Å²) in [5.74, 6) is 2.34. The van der Waals surface area contributed by atoms with Gasteiger partial charge < -0.3 is 15.0 Å². The third-order valence-corrected chi connectivity index (χ3v) is 6.04. The molecule has 0 bridgehead atoms. The van der Waals surface area contributed by atoms with Crippen LogP contribution in [0, 0.1) is 5.92 Å². The fourth-order valence-corrected chi connectivity index (χ4v) is 4.57. The summed E-state index contributed by atoms with van der Waals surface area (Å²) in [6.45, 7) is 8.46. The van der Waals surface area contributed by atoms with E-state index in [0.29, 0.717) is 18.4 Å². The van der Waals surface area contributed by atoms with E-state index in [1.165, 1.54) is 19.3 Å². The van der Waals surface area contributed by atoms with E-state index in [-0.39, 0.29) is 5.91 Å². The molecule has 7 nitrogen and oxygen atoms in total. The van der Waals surface area contributed by atoms with Crippen molar-refractivity contribution in [2.24, 2.45) is 5.92 Å². The Morgan fingerprint density at radius 3 is 2.67 bits per heavy atom. The number of rotatable bonds is 8. The molecule has 0 aromatic carbocycles. The first-order valence-corrected chi connectivity index (χ1v) is 11.3. The molecule has 1 amide bonds. The van der Waals surface area contributed by atoms with E-state index < -0.39 is 0 Å². The Balaban J connectivity index is 1.53. The van der Waals surface area contributed by atoms with E-state index in [0.717, 1.165) is 62.5 Å². The molecular weight excluding hydrogens is 362 g/mol. The second-order valence-corrected chi connectivity index (χ2v) is 8.95. The fourth-order valence-electron chi connectivity index (χ4n) is 3.69. The van der Waals surface area contributed by atoms with Crippen LogP contribution in [0.15, 0.2) is 5.16 Å². The number of carbonyl (C=O) groups excluding carboxylic acids is 1. The Labute approximate surface area is 166 Å². The van der Waals surface area contributed by atoms with E-state index in [1.807, 2.05) is 0 Å². The van der Waals surface area contributed by atoms with Gasteiger partial charge in [0.2, 0.25) is 11.9 Å². The van der Waals surface area contributed by atoms with Crippen LogP contribution in [0.5, 0.6) is 0 Å². The highest BCUT2D eigenvalue weighted by Crippen LogP contribution is 2.25. The number of ether oxygens (including phenoxy) is 1. The maximum atomic E-state index is 12.2. The maximum absolute atomic E-state index is 12.2. The number of hydrogen-bond acceptors (Lipinski definition) is 6. The van der Waals surface area contributed by atoms with Crippen molar-refractivity contribution in [1.29, 1.82) is 0 Å². The lowest BCUT2D eigenvalue weighted by molar-refractivity contribution is -0.121. The average molecular weight is 396 g/mol. The Bertz CT molecular complexity index is 595. The second kappa shape index (κ2) is 10.3. The standard InChI is InChI=1S/C19H33N5O2S/c1-15(2)14-24-18(23-9-11-26-12-10-23)21-22-19(24)27-13-8-17(25)20-16-6-4-3-5-7-16/h15-16H,3-14H2,1-2H3,(H,20,25). The molecule has 27 heavy (non-hydrogen) atoms. The Hall–Kier alpha value is -1.28. The molecular formula is C19H33N5O2S. The first kappa shape index (κ1) is 20.5. The summed E-state index contributed by atoms with van der Waals surface area (Å²) in [5.41, 5.74) is 0. The van der Waals surface area contributed by atoms with Gasteiger partial charge in [-0.05, 0) is 18.8 Å². The molecule has 1 aromatic rings. The normalized spacial score (nSPS) is 18.9. The molecule has 1 saturated heterocycles. The SMILES string of the molecule is CC(C)Cn1c(SCCC(=O)NC2CCCCC2)nnc1N1CCOCC1. The number of aromatic nitrogens is 3. The molecule has 3 rings (SSSR count). The number of thioether (sulfide) groups is 1. The first-order valence-electron chi connectivity index (χ1n) is 10.3. The van der Waals surface area contributed by atoms with Gasteiger partial charge in [-0.25, -0.2) is 0 Å². The van der Waals surface area contributed by atoms with Crippen molar-refractivity contribution < 1.29 is 9.53 Å². The summed E-state index contributed by atoms with van der Waals surface area (Å²) in [6.07, 6.45) is 6.57. The molecule has 2 heterocycles. The number of nitrogens with one attached hydrogen (secondary N) is 1. The molecule has 1 aliphatic carbocycles. The summed E-state index contributed by atoms with van der Waals surface area (Å²) in [5, 5.41) is 13.0. The molecule has 0 spiro atoms. The van der Waals surface area contributed by atoms with Crippen LogP contribution < -0.4 is 10.2 Å². The Morgan fingerprint density at radius 1 is 1.22 bits per heavy atom. The van der Waals surface area contributed by atoms with Gasteiger partial charge in [0.05, 0.1) is 13.2 Å². The summed E-state index contributed by atoms with van der Waals surface area (Å²) in [6, 6.07) is 0.383. The van der Waals surface area contributed by atoms with E-state index >= 15 is 0 Å². The number of nitrogens with zero attached hydrogens (tertiary/aromatic N) is 4. The predicted molar refractivity (Wildman–Crippen MR) is 108 cm³/mol. The van der Waals surface area contributed by atoms with Crippen molar-refractivity contribution in [3.8, 4) is 0 Å². The molecule has 8 heteroatoms. The van der Waals surface area contributed by atoms with E-state index in [2.05, 4.69) is 38.8 Å². The lowest BCUT2D eigenvalue weighted by Gasteiger charge is -2.28. The molecule has 152 valence electrons. The topological polar surface area (TPSA) is 72.3 Å². The van der Waals surface area contributed by atoms with Crippen LogP contribution in [0.25, 0.3) is 0 Å². The minimum absolute atomic E-state index is 0.165. The lowest BCUT2D eigenvalue weighted by Crippen LogP contribution is -2.38. The van der Waals surface area contributed by atoms with Crippen LogP contribution >= 0.6 is 11.8 Å². The zero-order valence-corrected chi connectivity index (χ0v) is 17.5. The van der Waals surface area contributed by atoms with Crippen LogP contribution in [-0.2, 0) is 16.1 Å². The Morgan fingerprint density at radius 2 is 1.96 bits per heavy atom. The summed E-state index contributed by atoms with van der Waals surface area (Å²) < 4.78 is 7.66. The third kappa shape index (κ3) is 6.10. The monoisotopic (exact) mass is 395 g/mol. The van der Waals surface area contributed by atoms with E-state index in [1.54, 1.807) is 11.8 Å². The number of anilines is 1. The quantitative estimate of drug-likeness (QED) is 0.683. The van der Waals surface area contributed by atoms with Gasteiger partial charge in [0.1, 0.15) is 0 Å². The lowest BCUT2D eigenvalue weighted by atomic mass is 9.95. The molecule has 0 radical (unpaired) electrons. The molecule has 2 aliphatic rings. The smallest absolute Gasteiger partial charge is 0.228 e. The summed E-state index contributed by atoms with van der Waals surface area (Å²) in [4.78, 5) is 14.5. The van der Waals surface area contributed by atoms with Crippen LogP contribution in [-0.4, -0.2) is 58.8 Å². The van der Waals surface area contributed by atoms with Crippen molar-refractivity contribution in [2.45, 2.75) is 70.1 Å². The largest absolute Gasteiger partial charge is 0.378 e. The van der Waals surface area contributed by atoms with Crippen molar-refractivity contribution >= 4 is 23.6 Å². The van der Waals surface area contributed by atoms with Gasteiger partial charge >= 0.3 is 0 Å². The van der Waals surface area contributed by atoms with Gasteiger partial charge in [-0.2, -0.15) is 0 Å². The highest BCUT2D eigenvalue weighted by atomic mass is 32.2. The zero-order chi connectivity index (χ0) is 19.1. The molecule has 1 aromatic heterocycles.